The van der Waals surface area contributed by atoms with E-state index < -0.39 is 11.9 Å². The van der Waals surface area contributed by atoms with Crippen molar-refractivity contribution >= 4 is 18.0 Å². The third-order valence-electron chi connectivity index (χ3n) is 6.84. The summed E-state index contributed by atoms with van der Waals surface area (Å²) in [6.07, 6.45) is 13.3. The van der Waals surface area contributed by atoms with E-state index in [2.05, 4.69) is 37.0 Å². The first-order valence-electron chi connectivity index (χ1n) is 14.6. The van der Waals surface area contributed by atoms with Crippen LogP contribution in [0, 0.1) is 5.92 Å². The number of carboxylic acids is 2. The van der Waals surface area contributed by atoms with E-state index in [1.54, 1.807) is 12.1 Å². The number of para-hydroxylation sites is 1. The Balaban J connectivity index is 1.95. The lowest BCUT2D eigenvalue weighted by Crippen LogP contribution is -2.26. The first-order valence-corrected chi connectivity index (χ1v) is 14.6. The molecule has 0 amide bonds. The van der Waals surface area contributed by atoms with Crippen molar-refractivity contribution in [2.24, 2.45) is 5.92 Å². The van der Waals surface area contributed by atoms with Crippen molar-refractivity contribution in [1.29, 1.82) is 0 Å². The summed E-state index contributed by atoms with van der Waals surface area (Å²) >= 11 is 0. The number of nitrogens with zero attached hydrogens (tertiary/aromatic N) is 1. The first-order chi connectivity index (χ1) is 18.9. The van der Waals surface area contributed by atoms with Crippen LogP contribution >= 0.6 is 0 Å². The Morgan fingerprint density at radius 1 is 0.872 bits per heavy atom. The average molecular weight is 538 g/mol. The Labute approximate surface area is 234 Å². The van der Waals surface area contributed by atoms with E-state index in [-0.39, 0.29) is 17.9 Å². The lowest BCUT2D eigenvalue weighted by molar-refractivity contribution is -0.137. The molecule has 2 aromatic rings. The van der Waals surface area contributed by atoms with Crippen LogP contribution in [0.2, 0.25) is 0 Å². The normalized spacial score (nSPS) is 12.2. The molecule has 0 fully saturated rings. The number of hydrogen-bond donors (Lipinski definition) is 2. The Morgan fingerprint density at radius 2 is 1.59 bits per heavy atom. The Hall–Kier alpha value is -3.12. The molecule has 0 saturated heterocycles. The molecule has 0 radical (unpaired) electrons. The SMILES string of the molecule is CCCN(CCC)CCCCCOc1ccccc1C=CC(CCCCC(=O)O)Cc1ccc(C(=O)O)cc1. The van der Waals surface area contributed by atoms with Crippen molar-refractivity contribution < 1.29 is 24.5 Å². The van der Waals surface area contributed by atoms with Crippen LogP contribution in [-0.2, 0) is 11.2 Å². The van der Waals surface area contributed by atoms with Crippen molar-refractivity contribution in [3.05, 3.63) is 71.3 Å². The molecule has 6 heteroatoms. The molecule has 0 saturated carbocycles. The van der Waals surface area contributed by atoms with Crippen molar-refractivity contribution in [2.75, 3.05) is 26.2 Å². The monoisotopic (exact) mass is 537 g/mol. The fraction of sp³-hybridized carbons (Fsp3) is 0.515. The highest BCUT2D eigenvalue weighted by Gasteiger charge is 2.10. The van der Waals surface area contributed by atoms with Gasteiger partial charge < -0.3 is 19.8 Å². The zero-order chi connectivity index (χ0) is 28.3. The van der Waals surface area contributed by atoms with Gasteiger partial charge in [0, 0.05) is 12.0 Å². The molecule has 0 aromatic heterocycles. The molecule has 2 N–H and O–H groups in total. The molecule has 0 aliphatic carbocycles. The number of aromatic carboxylic acids is 1. The van der Waals surface area contributed by atoms with Gasteiger partial charge in [0.1, 0.15) is 5.75 Å². The van der Waals surface area contributed by atoms with Gasteiger partial charge >= 0.3 is 11.9 Å². The lowest BCUT2D eigenvalue weighted by Gasteiger charge is -2.20. The zero-order valence-electron chi connectivity index (χ0n) is 23.8. The third-order valence-corrected chi connectivity index (χ3v) is 6.84. The molecular weight excluding hydrogens is 490 g/mol. The molecule has 0 bridgehead atoms. The highest BCUT2D eigenvalue weighted by Crippen LogP contribution is 2.24. The second-order valence-electron chi connectivity index (χ2n) is 10.3. The van der Waals surface area contributed by atoms with Crippen molar-refractivity contribution in [1.82, 2.24) is 4.90 Å². The highest BCUT2D eigenvalue weighted by atomic mass is 16.5. The molecule has 0 aliphatic rings. The van der Waals surface area contributed by atoms with Gasteiger partial charge in [0.2, 0.25) is 0 Å². The van der Waals surface area contributed by atoms with Crippen LogP contribution in [0.15, 0.2) is 54.6 Å². The number of carbonyl (C=O) groups is 2. The van der Waals surface area contributed by atoms with Crippen LogP contribution in [0.5, 0.6) is 5.75 Å². The summed E-state index contributed by atoms with van der Waals surface area (Å²) in [5.41, 5.74) is 2.37. The molecular formula is C33H47NO5. The van der Waals surface area contributed by atoms with Crippen molar-refractivity contribution in [2.45, 2.75) is 78.1 Å². The lowest BCUT2D eigenvalue weighted by atomic mass is 9.92. The summed E-state index contributed by atoms with van der Waals surface area (Å²) in [4.78, 5) is 24.7. The molecule has 214 valence electrons. The summed E-state index contributed by atoms with van der Waals surface area (Å²) in [6.45, 7) is 8.69. The maximum absolute atomic E-state index is 11.2. The Kier molecular flexibility index (Phi) is 15.7. The van der Waals surface area contributed by atoms with Gasteiger partial charge in [-0.2, -0.15) is 0 Å². The largest absolute Gasteiger partial charge is 0.493 e. The van der Waals surface area contributed by atoms with Gasteiger partial charge in [-0.05, 0) is 101 Å². The van der Waals surface area contributed by atoms with Crippen LogP contribution in [0.3, 0.4) is 0 Å². The number of ether oxygens (including phenoxy) is 1. The number of rotatable bonds is 21. The number of carboxylic acid groups (broad SMARTS) is 2. The van der Waals surface area contributed by atoms with Gasteiger partial charge in [0.15, 0.2) is 0 Å². The minimum atomic E-state index is -0.932. The number of allylic oxidation sites excluding steroid dienone is 1. The fourth-order valence-corrected chi connectivity index (χ4v) is 4.79. The first kappa shape index (κ1) is 32.1. The van der Waals surface area contributed by atoms with E-state index >= 15 is 0 Å². The molecule has 6 nitrogen and oxygen atoms in total. The maximum atomic E-state index is 11.2. The molecule has 0 heterocycles. The second-order valence-corrected chi connectivity index (χ2v) is 10.3. The Bertz CT molecular complexity index is 995. The molecule has 0 aliphatic heterocycles. The third kappa shape index (κ3) is 13.5. The topological polar surface area (TPSA) is 87.1 Å². The number of hydrogen-bond acceptors (Lipinski definition) is 4. The van der Waals surface area contributed by atoms with Crippen LogP contribution < -0.4 is 4.74 Å². The van der Waals surface area contributed by atoms with Gasteiger partial charge in [-0.25, -0.2) is 4.79 Å². The molecule has 1 unspecified atom stereocenters. The van der Waals surface area contributed by atoms with E-state index in [0.29, 0.717) is 13.0 Å². The predicted octanol–water partition coefficient (Wildman–Crippen LogP) is 7.57. The van der Waals surface area contributed by atoms with E-state index in [0.717, 1.165) is 55.5 Å². The molecule has 0 spiro atoms. The standard InChI is InChI=1S/C33H47NO5/c1-3-22-34(23-4-2)24-10-5-11-25-39-31-14-8-7-13-29(31)19-16-27(12-6-9-15-32(35)36)26-28-17-20-30(21-18-28)33(37)38/h7-8,13-14,16-21,27H,3-6,9-12,15,22-26H2,1-2H3,(H,35,36)(H,37,38). The minimum Gasteiger partial charge on any atom is -0.493 e. The van der Waals surface area contributed by atoms with Gasteiger partial charge in [-0.15, -0.1) is 0 Å². The molecule has 39 heavy (non-hydrogen) atoms. The Morgan fingerprint density at radius 3 is 2.26 bits per heavy atom. The number of benzene rings is 2. The second kappa shape index (κ2) is 19.0. The summed E-state index contributed by atoms with van der Waals surface area (Å²) in [6, 6.07) is 15.1. The molecule has 2 rings (SSSR count). The minimum absolute atomic E-state index is 0.176. The summed E-state index contributed by atoms with van der Waals surface area (Å²) in [5, 5.41) is 18.2. The smallest absolute Gasteiger partial charge is 0.335 e. The van der Waals surface area contributed by atoms with Gasteiger partial charge in [0.25, 0.3) is 0 Å². The van der Waals surface area contributed by atoms with E-state index in [9.17, 15) is 14.7 Å². The van der Waals surface area contributed by atoms with Crippen molar-refractivity contribution in [3.63, 3.8) is 0 Å². The van der Waals surface area contributed by atoms with Crippen molar-refractivity contribution in [3.8, 4) is 5.75 Å². The van der Waals surface area contributed by atoms with Crippen LogP contribution in [0.1, 0.15) is 93.1 Å². The quantitative estimate of drug-likeness (QED) is 0.160. The average Bonchev–Trinajstić information content (AvgIpc) is 2.92. The summed E-state index contributed by atoms with van der Waals surface area (Å²) in [7, 11) is 0. The number of aliphatic carboxylic acids is 1. The van der Waals surface area contributed by atoms with E-state index in [1.165, 1.54) is 32.4 Å². The van der Waals surface area contributed by atoms with Crippen LogP contribution in [-0.4, -0.2) is 53.3 Å². The maximum Gasteiger partial charge on any atom is 0.335 e. The highest BCUT2D eigenvalue weighted by molar-refractivity contribution is 5.87. The predicted molar refractivity (Wildman–Crippen MR) is 159 cm³/mol. The van der Waals surface area contributed by atoms with Crippen LogP contribution in [0.25, 0.3) is 6.08 Å². The zero-order valence-corrected chi connectivity index (χ0v) is 23.8. The van der Waals surface area contributed by atoms with Crippen LogP contribution in [0.4, 0.5) is 0 Å². The van der Waals surface area contributed by atoms with E-state index in [1.807, 2.05) is 30.3 Å². The van der Waals surface area contributed by atoms with Gasteiger partial charge in [-0.1, -0.05) is 62.8 Å². The fourth-order valence-electron chi connectivity index (χ4n) is 4.79. The van der Waals surface area contributed by atoms with Gasteiger partial charge in [-0.3, -0.25) is 4.79 Å². The van der Waals surface area contributed by atoms with E-state index in [4.69, 9.17) is 9.84 Å². The number of unbranched alkanes of at least 4 members (excludes halogenated alkanes) is 3. The van der Waals surface area contributed by atoms with Gasteiger partial charge in [0.05, 0.1) is 12.2 Å². The summed E-state index contributed by atoms with van der Waals surface area (Å²) < 4.78 is 6.16. The summed E-state index contributed by atoms with van der Waals surface area (Å²) in [5.74, 6) is -0.616. The molecule has 2 aromatic carbocycles. The molecule has 1 atom stereocenters.